The lowest BCUT2D eigenvalue weighted by Crippen LogP contribution is -2.48. The van der Waals surface area contributed by atoms with Gasteiger partial charge in [-0.2, -0.15) is 11.8 Å². The van der Waals surface area contributed by atoms with Gasteiger partial charge in [-0.15, -0.1) is 0 Å². The van der Waals surface area contributed by atoms with Crippen LogP contribution in [0.4, 0.5) is 0 Å². The minimum absolute atomic E-state index is 0.191. The van der Waals surface area contributed by atoms with Crippen molar-refractivity contribution in [2.24, 2.45) is 5.92 Å². The number of thioether (sulfide) groups is 1. The highest BCUT2D eigenvalue weighted by Crippen LogP contribution is 2.24. The second kappa shape index (κ2) is 12.2. The average Bonchev–Trinajstić information content (AvgIpc) is 2.71. The molecule has 2 unspecified atom stereocenters. The van der Waals surface area contributed by atoms with Crippen molar-refractivity contribution in [3.8, 4) is 0 Å². The van der Waals surface area contributed by atoms with Crippen LogP contribution in [0.1, 0.15) is 42.1 Å². The standard InChI is InChI=1S/C23H28Cl2N2O2S/c1-15(2)19(16-7-5-4-6-8-16)14-26-23(29)21(11-12-30-3)27-22(28)18-10-9-17(24)13-20(18)25/h4-10,13,15,19,21H,11-12,14H2,1-3H3,(H,26,29)(H,27,28). The molecule has 0 aliphatic heterocycles. The number of nitrogens with one attached hydrogen (secondary N) is 2. The molecule has 2 aromatic rings. The van der Waals surface area contributed by atoms with Crippen LogP contribution in [0.2, 0.25) is 10.0 Å². The molecule has 0 fully saturated rings. The van der Waals surface area contributed by atoms with Crippen molar-refractivity contribution in [2.75, 3.05) is 18.6 Å². The number of carbonyl (C=O) groups excluding carboxylic acids is 2. The van der Waals surface area contributed by atoms with Crippen molar-refractivity contribution in [1.29, 1.82) is 0 Å². The maximum Gasteiger partial charge on any atom is 0.253 e. The summed E-state index contributed by atoms with van der Waals surface area (Å²) in [6.45, 7) is 4.78. The van der Waals surface area contributed by atoms with E-state index in [-0.39, 0.29) is 22.8 Å². The third-order valence-corrected chi connectivity index (χ3v) is 6.13. The first kappa shape index (κ1) is 24.6. The third kappa shape index (κ3) is 7.22. The van der Waals surface area contributed by atoms with Gasteiger partial charge in [0.05, 0.1) is 10.6 Å². The zero-order chi connectivity index (χ0) is 22.1. The lowest BCUT2D eigenvalue weighted by atomic mass is 9.88. The van der Waals surface area contributed by atoms with Crippen molar-refractivity contribution in [2.45, 2.75) is 32.2 Å². The molecule has 0 aliphatic carbocycles. The maximum absolute atomic E-state index is 12.9. The van der Waals surface area contributed by atoms with Gasteiger partial charge >= 0.3 is 0 Å². The number of halogens is 2. The fourth-order valence-electron chi connectivity index (χ4n) is 3.19. The Morgan fingerprint density at radius 1 is 1.07 bits per heavy atom. The monoisotopic (exact) mass is 466 g/mol. The van der Waals surface area contributed by atoms with Crippen LogP contribution in [-0.2, 0) is 4.79 Å². The van der Waals surface area contributed by atoms with E-state index in [4.69, 9.17) is 23.2 Å². The highest BCUT2D eigenvalue weighted by Gasteiger charge is 2.24. The van der Waals surface area contributed by atoms with E-state index in [9.17, 15) is 9.59 Å². The van der Waals surface area contributed by atoms with Crippen LogP contribution in [0.15, 0.2) is 48.5 Å². The first-order valence-electron chi connectivity index (χ1n) is 9.91. The number of carbonyl (C=O) groups is 2. The second-order valence-corrected chi connectivity index (χ2v) is 9.27. The molecule has 2 amide bonds. The van der Waals surface area contributed by atoms with Crippen LogP contribution in [0.5, 0.6) is 0 Å². The molecule has 0 heterocycles. The summed E-state index contributed by atoms with van der Waals surface area (Å²) in [7, 11) is 0. The summed E-state index contributed by atoms with van der Waals surface area (Å²) in [4.78, 5) is 25.6. The minimum Gasteiger partial charge on any atom is -0.354 e. The Hall–Kier alpha value is -1.69. The Bertz CT molecular complexity index is 846. The molecule has 2 N–H and O–H groups in total. The van der Waals surface area contributed by atoms with E-state index in [0.29, 0.717) is 29.5 Å². The van der Waals surface area contributed by atoms with E-state index in [1.807, 2.05) is 24.5 Å². The average molecular weight is 467 g/mol. The predicted molar refractivity (Wildman–Crippen MR) is 128 cm³/mol. The van der Waals surface area contributed by atoms with Crippen LogP contribution < -0.4 is 10.6 Å². The van der Waals surface area contributed by atoms with Gasteiger partial charge in [-0.3, -0.25) is 9.59 Å². The van der Waals surface area contributed by atoms with Crippen molar-refractivity contribution in [3.63, 3.8) is 0 Å². The van der Waals surface area contributed by atoms with Gasteiger partial charge in [0.1, 0.15) is 6.04 Å². The molecular weight excluding hydrogens is 439 g/mol. The molecule has 7 heteroatoms. The Labute approximate surface area is 193 Å². The van der Waals surface area contributed by atoms with Crippen molar-refractivity contribution in [1.82, 2.24) is 10.6 Å². The van der Waals surface area contributed by atoms with Gasteiger partial charge in [-0.1, -0.05) is 67.4 Å². The van der Waals surface area contributed by atoms with Crippen LogP contribution >= 0.6 is 35.0 Å². The topological polar surface area (TPSA) is 58.2 Å². The van der Waals surface area contributed by atoms with Crippen molar-refractivity contribution < 1.29 is 9.59 Å². The molecule has 0 saturated heterocycles. The van der Waals surface area contributed by atoms with E-state index >= 15 is 0 Å². The Kier molecular flexibility index (Phi) is 10.0. The Morgan fingerprint density at radius 2 is 1.77 bits per heavy atom. The SMILES string of the molecule is CSCCC(NC(=O)c1ccc(Cl)cc1Cl)C(=O)NCC(c1ccccc1)C(C)C. The predicted octanol–water partition coefficient (Wildman–Crippen LogP) is 5.40. The number of amides is 2. The van der Waals surface area contributed by atoms with E-state index < -0.39 is 6.04 Å². The first-order valence-corrected chi connectivity index (χ1v) is 12.1. The number of benzene rings is 2. The Morgan fingerprint density at radius 3 is 2.37 bits per heavy atom. The van der Waals surface area contributed by atoms with Gasteiger partial charge < -0.3 is 10.6 Å². The zero-order valence-corrected chi connectivity index (χ0v) is 19.8. The smallest absolute Gasteiger partial charge is 0.253 e. The second-order valence-electron chi connectivity index (χ2n) is 7.44. The molecule has 4 nitrogen and oxygen atoms in total. The van der Waals surface area contributed by atoms with E-state index in [0.717, 1.165) is 5.75 Å². The molecule has 2 atom stereocenters. The fraction of sp³-hybridized carbons (Fsp3) is 0.391. The number of rotatable bonds is 10. The van der Waals surface area contributed by atoms with E-state index in [1.54, 1.807) is 23.9 Å². The van der Waals surface area contributed by atoms with Gasteiger partial charge in [-0.05, 0) is 48.1 Å². The summed E-state index contributed by atoms with van der Waals surface area (Å²) in [5.74, 6) is 0.724. The van der Waals surface area contributed by atoms with Crippen LogP contribution in [0.3, 0.4) is 0 Å². The zero-order valence-electron chi connectivity index (χ0n) is 17.5. The molecule has 162 valence electrons. The molecule has 0 saturated carbocycles. The summed E-state index contributed by atoms with van der Waals surface area (Å²) in [5, 5.41) is 6.57. The van der Waals surface area contributed by atoms with Crippen molar-refractivity contribution in [3.05, 3.63) is 69.7 Å². The summed E-state index contributed by atoms with van der Waals surface area (Å²) in [6.07, 6.45) is 2.50. The molecule has 2 rings (SSSR count). The van der Waals surface area contributed by atoms with Crippen LogP contribution in [-0.4, -0.2) is 36.4 Å². The summed E-state index contributed by atoms with van der Waals surface area (Å²) >= 11 is 13.7. The summed E-state index contributed by atoms with van der Waals surface area (Å²) in [6, 6.07) is 14.2. The largest absolute Gasteiger partial charge is 0.354 e. The van der Waals surface area contributed by atoms with Crippen LogP contribution in [0, 0.1) is 5.92 Å². The highest BCUT2D eigenvalue weighted by atomic mass is 35.5. The van der Waals surface area contributed by atoms with Crippen LogP contribution in [0.25, 0.3) is 0 Å². The van der Waals surface area contributed by atoms with Gasteiger partial charge in [0.15, 0.2) is 0 Å². The van der Waals surface area contributed by atoms with E-state index in [2.05, 4.69) is 36.6 Å². The van der Waals surface area contributed by atoms with Gasteiger partial charge in [0, 0.05) is 17.5 Å². The van der Waals surface area contributed by atoms with E-state index in [1.165, 1.54) is 11.6 Å². The fourth-order valence-corrected chi connectivity index (χ4v) is 4.15. The first-order chi connectivity index (χ1) is 14.3. The molecule has 2 aromatic carbocycles. The molecular formula is C23H28Cl2N2O2S. The molecule has 0 bridgehead atoms. The minimum atomic E-state index is -0.639. The highest BCUT2D eigenvalue weighted by molar-refractivity contribution is 7.98. The normalized spacial score (nSPS) is 13.0. The number of hydrogen-bond acceptors (Lipinski definition) is 3. The maximum atomic E-state index is 12.9. The number of hydrogen-bond donors (Lipinski definition) is 2. The lowest BCUT2D eigenvalue weighted by Gasteiger charge is -2.24. The van der Waals surface area contributed by atoms with Crippen molar-refractivity contribution >= 4 is 46.8 Å². The quantitative estimate of drug-likeness (QED) is 0.492. The summed E-state index contributed by atoms with van der Waals surface area (Å²) < 4.78 is 0. The molecule has 30 heavy (non-hydrogen) atoms. The molecule has 0 spiro atoms. The Balaban J connectivity index is 2.07. The lowest BCUT2D eigenvalue weighted by molar-refractivity contribution is -0.123. The van der Waals surface area contributed by atoms with Gasteiger partial charge in [-0.25, -0.2) is 0 Å². The molecule has 0 aromatic heterocycles. The summed E-state index contributed by atoms with van der Waals surface area (Å²) in [5.41, 5.74) is 1.48. The molecule has 0 radical (unpaired) electrons. The third-order valence-electron chi connectivity index (χ3n) is 4.94. The van der Waals surface area contributed by atoms with Gasteiger partial charge in [0.25, 0.3) is 5.91 Å². The molecule has 0 aliphatic rings. The van der Waals surface area contributed by atoms with Gasteiger partial charge in [0.2, 0.25) is 5.91 Å².